The zero-order chi connectivity index (χ0) is 12.6. The maximum Gasteiger partial charge on any atom is 0.351 e. The van der Waals surface area contributed by atoms with Gasteiger partial charge in [0.2, 0.25) is 0 Å². The van der Waals surface area contributed by atoms with E-state index in [1.54, 1.807) is 0 Å². The van der Waals surface area contributed by atoms with Crippen LogP contribution in [0.15, 0.2) is 17.1 Å². The Labute approximate surface area is 95.3 Å². The van der Waals surface area contributed by atoms with Gasteiger partial charge in [-0.25, -0.2) is 9.18 Å². The molecule has 1 aromatic rings. The number of anilines is 1. The van der Waals surface area contributed by atoms with Crippen LogP contribution in [0, 0.1) is 0 Å². The number of aliphatic hydroxyl groups is 2. The number of ether oxygens (including phenoxy) is 1. The number of halogens is 1. The van der Waals surface area contributed by atoms with Crippen molar-refractivity contribution in [2.24, 2.45) is 0 Å². The summed E-state index contributed by atoms with van der Waals surface area (Å²) < 4.78 is 19.6. The molecule has 0 bridgehead atoms. The Kier molecular flexibility index (Phi) is 3.09. The fraction of sp³-hybridized carbons (Fsp3) is 0.556. The summed E-state index contributed by atoms with van der Waals surface area (Å²) >= 11 is 0. The molecule has 0 aromatic carbocycles. The van der Waals surface area contributed by atoms with E-state index in [4.69, 9.17) is 15.6 Å². The first-order chi connectivity index (χ1) is 8.04. The van der Waals surface area contributed by atoms with Crippen LogP contribution >= 0.6 is 0 Å². The van der Waals surface area contributed by atoms with Crippen LogP contribution in [0.4, 0.5) is 10.2 Å². The van der Waals surface area contributed by atoms with Gasteiger partial charge in [0.25, 0.3) is 0 Å². The van der Waals surface area contributed by atoms with Gasteiger partial charge in [0.1, 0.15) is 18.0 Å². The molecule has 1 aliphatic rings. The van der Waals surface area contributed by atoms with Crippen LogP contribution in [0.3, 0.4) is 0 Å². The first-order valence-corrected chi connectivity index (χ1v) is 4.97. The second-order valence-electron chi connectivity index (χ2n) is 3.72. The number of hydrogen-bond donors (Lipinski definition) is 3. The summed E-state index contributed by atoms with van der Waals surface area (Å²) in [4.78, 5) is 14.9. The van der Waals surface area contributed by atoms with Crippen LogP contribution in [0.1, 0.15) is 6.23 Å². The molecular formula is C9H12FN3O4. The predicted molar refractivity (Wildman–Crippen MR) is 54.8 cm³/mol. The van der Waals surface area contributed by atoms with Crippen LogP contribution in [0.25, 0.3) is 0 Å². The molecule has 1 aliphatic heterocycles. The molecule has 4 atom stereocenters. The molecule has 0 amide bonds. The van der Waals surface area contributed by atoms with E-state index in [2.05, 4.69) is 4.98 Å². The fourth-order valence-corrected chi connectivity index (χ4v) is 1.70. The minimum atomic E-state index is -1.81. The quantitative estimate of drug-likeness (QED) is 0.578. The maximum absolute atomic E-state index is 13.7. The number of nitrogen functional groups attached to an aromatic ring is 1. The van der Waals surface area contributed by atoms with Gasteiger partial charge < -0.3 is 20.7 Å². The van der Waals surface area contributed by atoms with Crippen molar-refractivity contribution < 1.29 is 19.3 Å². The highest BCUT2D eigenvalue weighted by Crippen LogP contribution is 2.30. The molecule has 17 heavy (non-hydrogen) atoms. The fourth-order valence-electron chi connectivity index (χ4n) is 1.70. The second kappa shape index (κ2) is 4.40. The third-order valence-corrected chi connectivity index (χ3v) is 2.60. The topological polar surface area (TPSA) is 111 Å². The Morgan fingerprint density at radius 1 is 1.65 bits per heavy atom. The Morgan fingerprint density at radius 2 is 2.35 bits per heavy atom. The summed E-state index contributed by atoms with van der Waals surface area (Å²) in [5, 5.41) is 18.3. The number of hydrogen-bond acceptors (Lipinski definition) is 6. The van der Waals surface area contributed by atoms with Crippen LogP contribution in [-0.4, -0.2) is 44.8 Å². The lowest BCUT2D eigenvalue weighted by Gasteiger charge is -2.15. The monoisotopic (exact) mass is 244 g/mol. The summed E-state index contributed by atoms with van der Waals surface area (Å²) in [6.07, 6.45) is -4.42. The van der Waals surface area contributed by atoms with E-state index in [-0.39, 0.29) is 5.82 Å². The van der Waals surface area contributed by atoms with Crippen LogP contribution < -0.4 is 11.4 Å². The Bertz CT molecular complexity index is 466. The van der Waals surface area contributed by atoms with Gasteiger partial charge in [-0.2, -0.15) is 4.98 Å². The van der Waals surface area contributed by atoms with Gasteiger partial charge in [-0.1, -0.05) is 0 Å². The Hall–Kier alpha value is -1.51. The van der Waals surface area contributed by atoms with Crippen molar-refractivity contribution in [2.45, 2.75) is 24.6 Å². The number of nitrogens with two attached hydrogens (primary N) is 1. The molecule has 1 fully saturated rings. The molecular weight excluding hydrogens is 232 g/mol. The van der Waals surface area contributed by atoms with Crippen molar-refractivity contribution in [3.05, 3.63) is 22.7 Å². The summed E-state index contributed by atoms with van der Waals surface area (Å²) in [7, 11) is 0. The predicted octanol–water partition coefficient (Wildman–Crippen LogP) is -1.59. The van der Waals surface area contributed by atoms with Crippen LogP contribution in [0.2, 0.25) is 0 Å². The maximum atomic E-state index is 13.7. The molecule has 1 saturated heterocycles. The minimum absolute atomic E-state index is 0.0129. The van der Waals surface area contributed by atoms with E-state index in [0.717, 1.165) is 4.57 Å². The molecule has 7 nitrogen and oxygen atoms in total. The number of nitrogens with zero attached hydrogens (tertiary/aromatic N) is 2. The van der Waals surface area contributed by atoms with Crippen molar-refractivity contribution in [2.75, 3.05) is 12.3 Å². The molecule has 1 aromatic heterocycles. The van der Waals surface area contributed by atoms with Gasteiger partial charge in [0, 0.05) is 6.20 Å². The molecule has 2 rings (SSSR count). The highest BCUT2D eigenvalue weighted by molar-refractivity contribution is 5.23. The number of rotatable bonds is 2. The lowest BCUT2D eigenvalue weighted by atomic mass is 10.1. The molecule has 0 radical (unpaired) electrons. The highest BCUT2D eigenvalue weighted by Gasteiger charge is 2.45. The van der Waals surface area contributed by atoms with Gasteiger partial charge in [-0.15, -0.1) is 0 Å². The second-order valence-corrected chi connectivity index (χ2v) is 3.72. The largest absolute Gasteiger partial charge is 0.394 e. The third kappa shape index (κ3) is 2.02. The zero-order valence-corrected chi connectivity index (χ0v) is 8.73. The van der Waals surface area contributed by atoms with E-state index in [1.165, 1.54) is 12.3 Å². The van der Waals surface area contributed by atoms with E-state index < -0.39 is 36.9 Å². The Balaban J connectivity index is 2.32. The molecule has 0 unspecified atom stereocenters. The van der Waals surface area contributed by atoms with E-state index in [9.17, 15) is 14.3 Å². The highest BCUT2D eigenvalue weighted by atomic mass is 18.2. The van der Waals surface area contributed by atoms with Crippen LogP contribution in [0.5, 0.6) is 0 Å². The van der Waals surface area contributed by atoms with Gasteiger partial charge in [0.15, 0.2) is 12.4 Å². The summed E-state index contributed by atoms with van der Waals surface area (Å²) in [6, 6.07) is 1.32. The van der Waals surface area contributed by atoms with Crippen molar-refractivity contribution in [1.29, 1.82) is 0 Å². The third-order valence-electron chi connectivity index (χ3n) is 2.60. The first kappa shape index (κ1) is 12.0. The summed E-state index contributed by atoms with van der Waals surface area (Å²) in [5.74, 6) is 0.0129. The molecule has 0 spiro atoms. The van der Waals surface area contributed by atoms with Gasteiger partial charge in [0.05, 0.1) is 6.61 Å². The number of aliphatic hydroxyl groups excluding tert-OH is 2. The molecule has 94 valence electrons. The smallest absolute Gasteiger partial charge is 0.351 e. The summed E-state index contributed by atoms with van der Waals surface area (Å²) in [5.41, 5.74) is 4.52. The van der Waals surface area contributed by atoms with Gasteiger partial charge in [-0.3, -0.25) is 4.57 Å². The molecule has 0 saturated carbocycles. The van der Waals surface area contributed by atoms with Crippen LogP contribution in [-0.2, 0) is 4.74 Å². The van der Waals surface area contributed by atoms with Crippen molar-refractivity contribution in [3.63, 3.8) is 0 Å². The van der Waals surface area contributed by atoms with Crippen molar-refractivity contribution >= 4 is 5.82 Å². The minimum Gasteiger partial charge on any atom is -0.394 e. The average Bonchev–Trinajstić information content (AvgIpc) is 2.57. The number of aromatic nitrogens is 2. The molecule has 8 heteroatoms. The van der Waals surface area contributed by atoms with E-state index in [1.807, 2.05) is 0 Å². The van der Waals surface area contributed by atoms with E-state index in [0.29, 0.717) is 0 Å². The standard InChI is InChI=1S/C9H12FN3O4/c10-6-7(15)4(3-14)17-8(6)13-2-1-5(11)12-9(13)16/h1-2,4,6-8,14-15H,3H2,(H2,11,12,16)/t4-,6+,7-,8-/m1/s1/i10-1. The zero-order valence-electron chi connectivity index (χ0n) is 8.73. The Morgan fingerprint density at radius 3 is 2.88 bits per heavy atom. The molecule has 2 heterocycles. The van der Waals surface area contributed by atoms with Gasteiger partial charge >= 0.3 is 5.69 Å². The average molecular weight is 244 g/mol. The summed E-state index contributed by atoms with van der Waals surface area (Å²) in [6.45, 7) is -0.533. The molecule has 4 N–H and O–H groups in total. The molecule has 0 aliphatic carbocycles. The first-order valence-electron chi connectivity index (χ1n) is 4.97. The van der Waals surface area contributed by atoms with Gasteiger partial charge in [-0.05, 0) is 6.07 Å². The lowest BCUT2D eigenvalue weighted by Crippen LogP contribution is -2.33. The van der Waals surface area contributed by atoms with E-state index >= 15 is 0 Å². The number of alkyl halides is 1. The van der Waals surface area contributed by atoms with Crippen molar-refractivity contribution in [1.82, 2.24) is 9.55 Å². The normalized spacial score (nSPS) is 32.9. The van der Waals surface area contributed by atoms with Crippen molar-refractivity contribution in [3.8, 4) is 0 Å². The SMILES string of the molecule is Nc1ccn([C@@H]2O[C@H](CO)[C@@H](O)[C@@H]2[18F])c(=O)n1. The lowest BCUT2D eigenvalue weighted by molar-refractivity contribution is -0.0490.